The molecule has 0 aliphatic carbocycles. The van der Waals surface area contributed by atoms with Crippen molar-refractivity contribution in [1.82, 2.24) is 20.2 Å². The van der Waals surface area contributed by atoms with E-state index in [0.717, 1.165) is 29.8 Å². The van der Waals surface area contributed by atoms with Gasteiger partial charge in [-0.25, -0.2) is 0 Å². The van der Waals surface area contributed by atoms with Crippen molar-refractivity contribution in [3.05, 3.63) is 41.1 Å². The van der Waals surface area contributed by atoms with E-state index in [-0.39, 0.29) is 0 Å². The second-order valence-electron chi connectivity index (χ2n) is 4.70. The van der Waals surface area contributed by atoms with Crippen LogP contribution in [0.5, 0.6) is 0 Å². The summed E-state index contributed by atoms with van der Waals surface area (Å²) in [6.45, 7) is 4.59. The van der Waals surface area contributed by atoms with Gasteiger partial charge < -0.3 is 4.90 Å². The van der Waals surface area contributed by atoms with E-state index in [1.165, 1.54) is 0 Å². The minimum atomic E-state index is 0.534. The van der Waals surface area contributed by atoms with Gasteiger partial charge >= 0.3 is 0 Å². The summed E-state index contributed by atoms with van der Waals surface area (Å²) in [5.41, 5.74) is 3.31. The number of hydrogen-bond acceptors (Lipinski definition) is 6. The summed E-state index contributed by atoms with van der Waals surface area (Å²) < 4.78 is 0. The van der Waals surface area contributed by atoms with E-state index in [2.05, 4.69) is 26.2 Å². The molecule has 2 heterocycles. The molecule has 0 saturated carbocycles. The topological polar surface area (TPSA) is 78.6 Å². The number of anilines is 1. The molecule has 0 amide bonds. The van der Waals surface area contributed by atoms with Crippen molar-refractivity contribution in [1.29, 1.82) is 5.26 Å². The first kappa shape index (κ1) is 14.9. The molecule has 0 atom stereocenters. The highest BCUT2D eigenvalue weighted by atomic mass is 15.3. The first-order valence-electron chi connectivity index (χ1n) is 6.95. The Labute approximate surface area is 124 Å². The van der Waals surface area contributed by atoms with E-state index < -0.39 is 0 Å². The molecule has 0 fully saturated rings. The van der Waals surface area contributed by atoms with Crippen molar-refractivity contribution in [2.75, 3.05) is 11.9 Å². The minimum absolute atomic E-state index is 0.534. The monoisotopic (exact) mass is 282 g/mol. The molecule has 6 heteroatoms. The lowest BCUT2D eigenvalue weighted by molar-refractivity contribution is 0.804. The highest BCUT2D eigenvalue weighted by molar-refractivity contribution is 5.57. The fourth-order valence-electron chi connectivity index (χ4n) is 2.28. The molecule has 0 spiro atoms. The zero-order valence-corrected chi connectivity index (χ0v) is 12.5. The zero-order chi connectivity index (χ0) is 15.2. The van der Waals surface area contributed by atoms with Crippen molar-refractivity contribution in [3.63, 3.8) is 0 Å². The normalized spacial score (nSPS) is 10.2. The van der Waals surface area contributed by atoms with Crippen molar-refractivity contribution >= 4 is 5.82 Å². The Kier molecular flexibility index (Phi) is 4.77. The van der Waals surface area contributed by atoms with Gasteiger partial charge in [-0.05, 0) is 18.4 Å². The quantitative estimate of drug-likeness (QED) is 0.833. The number of aryl methyl sites for hydroxylation is 1. The molecule has 0 aromatic carbocycles. The molecule has 0 aliphatic rings. The zero-order valence-electron chi connectivity index (χ0n) is 12.5. The van der Waals surface area contributed by atoms with Crippen LogP contribution in [-0.2, 0) is 19.4 Å². The third kappa shape index (κ3) is 3.14. The van der Waals surface area contributed by atoms with E-state index in [1.54, 1.807) is 18.6 Å². The smallest absolute Gasteiger partial charge is 0.169 e. The Bertz CT molecular complexity index is 647. The standard InChI is InChI=1S/C15H18N6/c1-4-12-13(8-16)15(20-19-14(12)5-2)21(3)10-11-9-17-6-7-18-11/h6-7,9H,4-5,10H2,1-3H3. The lowest BCUT2D eigenvalue weighted by atomic mass is 10.0. The lowest BCUT2D eigenvalue weighted by Crippen LogP contribution is -2.21. The second-order valence-corrected chi connectivity index (χ2v) is 4.70. The highest BCUT2D eigenvalue weighted by Gasteiger charge is 2.17. The number of hydrogen-bond donors (Lipinski definition) is 0. The van der Waals surface area contributed by atoms with Gasteiger partial charge in [0.15, 0.2) is 5.82 Å². The van der Waals surface area contributed by atoms with Crippen molar-refractivity contribution in [2.45, 2.75) is 33.2 Å². The highest BCUT2D eigenvalue weighted by Crippen LogP contribution is 2.23. The van der Waals surface area contributed by atoms with Gasteiger partial charge in [-0.1, -0.05) is 13.8 Å². The molecule has 2 aromatic heterocycles. The Morgan fingerprint density at radius 3 is 2.57 bits per heavy atom. The second kappa shape index (κ2) is 6.75. The molecule has 2 aromatic rings. The van der Waals surface area contributed by atoms with Crippen molar-refractivity contribution in [3.8, 4) is 6.07 Å². The Morgan fingerprint density at radius 1 is 1.19 bits per heavy atom. The molecular weight excluding hydrogens is 264 g/mol. The lowest BCUT2D eigenvalue weighted by Gasteiger charge is -2.20. The molecule has 0 N–H and O–H groups in total. The Morgan fingerprint density at radius 2 is 2.00 bits per heavy atom. The van der Waals surface area contributed by atoms with Gasteiger partial charge in [-0.15, -0.1) is 5.10 Å². The number of rotatable bonds is 5. The van der Waals surface area contributed by atoms with E-state index in [9.17, 15) is 5.26 Å². The summed E-state index contributed by atoms with van der Waals surface area (Å²) in [5.74, 6) is 0.595. The summed E-state index contributed by atoms with van der Waals surface area (Å²) in [7, 11) is 1.88. The van der Waals surface area contributed by atoms with Crippen LogP contribution in [0.1, 0.15) is 36.4 Å². The van der Waals surface area contributed by atoms with E-state index in [0.29, 0.717) is 17.9 Å². The summed E-state index contributed by atoms with van der Waals surface area (Å²) >= 11 is 0. The average Bonchev–Trinajstić information content (AvgIpc) is 2.53. The van der Waals surface area contributed by atoms with E-state index >= 15 is 0 Å². The average molecular weight is 282 g/mol. The minimum Gasteiger partial charge on any atom is -0.351 e. The van der Waals surface area contributed by atoms with E-state index in [4.69, 9.17) is 0 Å². The third-order valence-electron chi connectivity index (χ3n) is 3.32. The van der Waals surface area contributed by atoms with Gasteiger partial charge in [0.25, 0.3) is 0 Å². The van der Waals surface area contributed by atoms with Crippen LogP contribution in [0.3, 0.4) is 0 Å². The molecule has 0 bridgehead atoms. The van der Waals surface area contributed by atoms with Gasteiger partial charge in [0.05, 0.1) is 24.1 Å². The van der Waals surface area contributed by atoms with Crippen LogP contribution >= 0.6 is 0 Å². The molecule has 0 radical (unpaired) electrons. The summed E-state index contributed by atoms with van der Waals surface area (Å²) in [6, 6.07) is 2.28. The fraction of sp³-hybridized carbons (Fsp3) is 0.400. The third-order valence-corrected chi connectivity index (χ3v) is 3.32. The molecule has 6 nitrogen and oxygen atoms in total. The number of aromatic nitrogens is 4. The number of nitriles is 1. The molecule has 2 rings (SSSR count). The molecule has 108 valence electrons. The SMILES string of the molecule is CCc1nnc(N(C)Cc2cnccn2)c(C#N)c1CC. The first-order chi connectivity index (χ1) is 10.2. The van der Waals surface area contributed by atoms with Crippen LogP contribution in [0.15, 0.2) is 18.6 Å². The summed E-state index contributed by atoms with van der Waals surface area (Å²) in [5, 5.41) is 18.0. The fourth-order valence-corrected chi connectivity index (χ4v) is 2.28. The van der Waals surface area contributed by atoms with Gasteiger partial charge in [0, 0.05) is 19.4 Å². The first-order valence-corrected chi connectivity index (χ1v) is 6.95. The Balaban J connectivity index is 2.37. The van der Waals surface area contributed by atoms with Gasteiger partial charge in [-0.3, -0.25) is 9.97 Å². The predicted octanol–water partition coefficient (Wildman–Crippen LogP) is 1.90. The molecule has 0 unspecified atom stereocenters. The van der Waals surface area contributed by atoms with Crippen LogP contribution in [0.25, 0.3) is 0 Å². The van der Waals surface area contributed by atoms with Crippen LogP contribution in [-0.4, -0.2) is 27.2 Å². The van der Waals surface area contributed by atoms with Gasteiger partial charge in [-0.2, -0.15) is 10.4 Å². The van der Waals surface area contributed by atoms with E-state index in [1.807, 2.05) is 25.8 Å². The molecule has 21 heavy (non-hydrogen) atoms. The molecule has 0 aliphatic heterocycles. The van der Waals surface area contributed by atoms with Crippen molar-refractivity contribution in [2.24, 2.45) is 0 Å². The maximum atomic E-state index is 9.49. The molecular formula is C15H18N6. The van der Waals surface area contributed by atoms with Crippen LogP contribution < -0.4 is 4.90 Å². The predicted molar refractivity (Wildman–Crippen MR) is 79.6 cm³/mol. The summed E-state index contributed by atoms with van der Waals surface area (Å²) in [4.78, 5) is 10.2. The van der Waals surface area contributed by atoms with Crippen molar-refractivity contribution < 1.29 is 0 Å². The van der Waals surface area contributed by atoms with Crippen LogP contribution in [0.4, 0.5) is 5.82 Å². The van der Waals surface area contributed by atoms with Crippen LogP contribution in [0.2, 0.25) is 0 Å². The summed E-state index contributed by atoms with van der Waals surface area (Å²) in [6.07, 6.45) is 6.54. The Hall–Kier alpha value is -2.55. The maximum Gasteiger partial charge on any atom is 0.169 e. The van der Waals surface area contributed by atoms with Gasteiger partial charge in [0.2, 0.25) is 0 Å². The maximum absolute atomic E-state index is 9.49. The largest absolute Gasteiger partial charge is 0.351 e. The van der Waals surface area contributed by atoms with Gasteiger partial charge in [0.1, 0.15) is 11.6 Å². The number of nitrogens with zero attached hydrogens (tertiary/aromatic N) is 6. The van der Waals surface area contributed by atoms with Crippen LogP contribution in [0, 0.1) is 11.3 Å². The molecule has 0 saturated heterocycles.